The Hall–Kier alpha value is -2.83. The average Bonchev–Trinajstić information content (AvgIpc) is 2.90. The number of benzene rings is 1. The van der Waals surface area contributed by atoms with Crippen molar-refractivity contribution in [3.05, 3.63) is 44.6 Å². The fourth-order valence-corrected chi connectivity index (χ4v) is 2.24. The molecule has 7 nitrogen and oxygen atoms in total. The Bertz CT molecular complexity index is 949. The summed E-state index contributed by atoms with van der Waals surface area (Å²) >= 11 is 0. The summed E-state index contributed by atoms with van der Waals surface area (Å²) in [5.41, 5.74) is 1.35. The van der Waals surface area contributed by atoms with E-state index in [1.54, 1.807) is 14.2 Å². The molecular formula is C14H14N4O3. The molecule has 21 heavy (non-hydrogen) atoms. The summed E-state index contributed by atoms with van der Waals surface area (Å²) in [5.74, 6) is 1.12. The number of aryl methyl sites for hydroxylation is 2. The number of nitrogens with zero attached hydrogens (tertiary/aromatic N) is 2. The molecule has 2 heterocycles. The first-order valence-electron chi connectivity index (χ1n) is 6.35. The molecule has 0 aliphatic heterocycles. The summed E-state index contributed by atoms with van der Waals surface area (Å²) in [5, 5.41) is 0. The Morgan fingerprint density at radius 2 is 2.00 bits per heavy atom. The highest BCUT2D eigenvalue weighted by Gasteiger charge is 2.15. The highest BCUT2D eigenvalue weighted by atomic mass is 16.5. The number of aromatic amines is 2. The van der Waals surface area contributed by atoms with E-state index in [1.165, 1.54) is 4.57 Å². The number of imidazole rings is 1. The van der Waals surface area contributed by atoms with E-state index in [4.69, 9.17) is 4.74 Å². The van der Waals surface area contributed by atoms with Crippen LogP contribution in [0.5, 0.6) is 5.75 Å². The van der Waals surface area contributed by atoms with Crippen molar-refractivity contribution in [3.63, 3.8) is 0 Å². The number of ether oxygens (including phenoxy) is 1. The summed E-state index contributed by atoms with van der Waals surface area (Å²) in [6.07, 6.45) is 0. The van der Waals surface area contributed by atoms with Crippen molar-refractivity contribution in [3.8, 4) is 17.1 Å². The Morgan fingerprint density at radius 3 is 2.71 bits per heavy atom. The molecule has 2 N–H and O–H groups in total. The van der Waals surface area contributed by atoms with E-state index in [1.807, 2.05) is 25.1 Å². The number of aromatic nitrogens is 4. The molecule has 0 amide bonds. The maximum atomic E-state index is 11.8. The van der Waals surface area contributed by atoms with Crippen LogP contribution in [0.2, 0.25) is 0 Å². The quantitative estimate of drug-likeness (QED) is 0.733. The van der Waals surface area contributed by atoms with E-state index in [2.05, 4.69) is 15.0 Å². The number of H-pyrrole nitrogens is 2. The SMILES string of the molecule is COc1ccc(C)cc1-c1nc2c([nH]1)c(=O)[nH]c(=O)n2C. The first kappa shape index (κ1) is 13.2. The van der Waals surface area contributed by atoms with E-state index in [9.17, 15) is 9.59 Å². The molecule has 0 radical (unpaired) electrons. The molecule has 0 atom stereocenters. The topological polar surface area (TPSA) is 92.8 Å². The van der Waals surface area contributed by atoms with Crippen LogP contribution in [0.3, 0.4) is 0 Å². The molecule has 0 unspecified atom stereocenters. The van der Waals surface area contributed by atoms with Gasteiger partial charge in [0.1, 0.15) is 17.1 Å². The summed E-state index contributed by atoms with van der Waals surface area (Å²) < 4.78 is 6.61. The highest BCUT2D eigenvalue weighted by Crippen LogP contribution is 2.29. The van der Waals surface area contributed by atoms with E-state index < -0.39 is 11.2 Å². The molecule has 0 aliphatic rings. The van der Waals surface area contributed by atoms with Crippen molar-refractivity contribution in [2.75, 3.05) is 7.11 Å². The molecule has 108 valence electrons. The third-order valence-corrected chi connectivity index (χ3v) is 3.36. The molecule has 0 spiro atoms. The molecular weight excluding hydrogens is 272 g/mol. The van der Waals surface area contributed by atoms with Crippen molar-refractivity contribution < 1.29 is 4.74 Å². The summed E-state index contributed by atoms with van der Waals surface area (Å²) in [6, 6.07) is 5.66. The van der Waals surface area contributed by atoms with Crippen molar-refractivity contribution in [1.29, 1.82) is 0 Å². The van der Waals surface area contributed by atoms with Gasteiger partial charge in [0, 0.05) is 7.05 Å². The molecule has 0 saturated heterocycles. The Morgan fingerprint density at radius 1 is 1.24 bits per heavy atom. The number of nitrogens with one attached hydrogen (secondary N) is 2. The Labute approximate surface area is 119 Å². The van der Waals surface area contributed by atoms with Gasteiger partial charge in [0.2, 0.25) is 0 Å². The van der Waals surface area contributed by atoms with Crippen LogP contribution >= 0.6 is 0 Å². The van der Waals surface area contributed by atoms with Crippen LogP contribution in [0.15, 0.2) is 27.8 Å². The molecule has 3 aromatic rings. The minimum Gasteiger partial charge on any atom is -0.496 e. The van der Waals surface area contributed by atoms with Crippen LogP contribution < -0.4 is 16.0 Å². The van der Waals surface area contributed by atoms with Crippen LogP contribution in [-0.2, 0) is 7.05 Å². The maximum Gasteiger partial charge on any atom is 0.329 e. The van der Waals surface area contributed by atoms with Crippen LogP contribution in [0.4, 0.5) is 0 Å². The van der Waals surface area contributed by atoms with Gasteiger partial charge in [-0.3, -0.25) is 14.3 Å². The fourth-order valence-electron chi connectivity index (χ4n) is 2.24. The molecule has 0 saturated carbocycles. The Balaban J connectivity index is 2.35. The van der Waals surface area contributed by atoms with Crippen molar-refractivity contribution >= 4 is 11.2 Å². The van der Waals surface area contributed by atoms with Crippen LogP contribution in [0.25, 0.3) is 22.6 Å². The van der Waals surface area contributed by atoms with Crippen molar-refractivity contribution in [2.45, 2.75) is 6.92 Å². The lowest BCUT2D eigenvalue weighted by molar-refractivity contribution is 0.416. The minimum atomic E-state index is -0.498. The summed E-state index contributed by atoms with van der Waals surface area (Å²) in [6.45, 7) is 1.95. The standard InChI is InChI=1S/C14H14N4O3/c1-7-4-5-9(21-3)8(6-7)11-15-10-12(16-11)18(2)14(20)17-13(10)19/h4-6H,1-3H3,(H,15,16)(H,17,19,20). The van der Waals surface area contributed by atoms with Gasteiger partial charge < -0.3 is 9.72 Å². The fraction of sp³-hybridized carbons (Fsp3) is 0.214. The summed E-state index contributed by atoms with van der Waals surface area (Å²) in [4.78, 5) is 33.0. The largest absolute Gasteiger partial charge is 0.496 e. The predicted molar refractivity (Wildman–Crippen MR) is 78.7 cm³/mol. The Kier molecular flexibility index (Phi) is 2.90. The van der Waals surface area contributed by atoms with Crippen LogP contribution in [-0.4, -0.2) is 26.6 Å². The minimum absolute atomic E-state index is 0.260. The molecule has 2 aromatic heterocycles. The van der Waals surface area contributed by atoms with Crippen LogP contribution in [0, 0.1) is 6.92 Å². The van der Waals surface area contributed by atoms with E-state index in [-0.39, 0.29) is 5.52 Å². The van der Waals surface area contributed by atoms with Gasteiger partial charge in [-0.2, -0.15) is 0 Å². The first-order valence-corrected chi connectivity index (χ1v) is 6.35. The highest BCUT2D eigenvalue weighted by molar-refractivity contribution is 5.77. The number of hydrogen-bond acceptors (Lipinski definition) is 4. The second-order valence-electron chi connectivity index (χ2n) is 4.81. The third-order valence-electron chi connectivity index (χ3n) is 3.36. The number of fused-ring (bicyclic) bond motifs is 1. The van der Waals surface area contributed by atoms with Crippen LogP contribution in [0.1, 0.15) is 5.56 Å². The van der Waals surface area contributed by atoms with Gasteiger partial charge in [-0.1, -0.05) is 11.6 Å². The van der Waals surface area contributed by atoms with Gasteiger partial charge in [-0.25, -0.2) is 9.78 Å². The zero-order chi connectivity index (χ0) is 15.1. The van der Waals surface area contributed by atoms with E-state index in [0.29, 0.717) is 17.2 Å². The zero-order valence-electron chi connectivity index (χ0n) is 11.9. The lowest BCUT2D eigenvalue weighted by Crippen LogP contribution is -2.28. The van der Waals surface area contributed by atoms with Gasteiger partial charge in [-0.15, -0.1) is 0 Å². The molecule has 0 bridgehead atoms. The monoisotopic (exact) mass is 286 g/mol. The lowest BCUT2D eigenvalue weighted by Gasteiger charge is -2.06. The van der Waals surface area contributed by atoms with Gasteiger partial charge in [-0.05, 0) is 19.1 Å². The van der Waals surface area contributed by atoms with E-state index >= 15 is 0 Å². The normalized spacial score (nSPS) is 11.0. The first-order chi connectivity index (χ1) is 10.0. The van der Waals surface area contributed by atoms with Crippen molar-refractivity contribution in [2.24, 2.45) is 7.05 Å². The maximum absolute atomic E-state index is 11.8. The molecule has 7 heteroatoms. The van der Waals surface area contributed by atoms with Crippen molar-refractivity contribution in [1.82, 2.24) is 19.5 Å². The molecule has 0 fully saturated rings. The van der Waals surface area contributed by atoms with Gasteiger partial charge in [0.25, 0.3) is 5.56 Å². The second kappa shape index (κ2) is 4.62. The predicted octanol–water partition coefficient (Wildman–Crippen LogP) is 0.934. The number of hydrogen-bond donors (Lipinski definition) is 2. The average molecular weight is 286 g/mol. The smallest absolute Gasteiger partial charge is 0.329 e. The summed E-state index contributed by atoms with van der Waals surface area (Å²) in [7, 11) is 3.12. The molecule has 3 rings (SSSR count). The van der Waals surface area contributed by atoms with Gasteiger partial charge >= 0.3 is 5.69 Å². The molecule has 0 aliphatic carbocycles. The van der Waals surface area contributed by atoms with E-state index in [0.717, 1.165) is 11.1 Å². The van der Waals surface area contributed by atoms with Gasteiger partial charge in [0.05, 0.1) is 12.7 Å². The lowest BCUT2D eigenvalue weighted by atomic mass is 10.1. The molecule has 1 aromatic carbocycles. The number of methoxy groups -OCH3 is 1. The second-order valence-corrected chi connectivity index (χ2v) is 4.81. The third kappa shape index (κ3) is 2.03. The number of rotatable bonds is 2. The zero-order valence-corrected chi connectivity index (χ0v) is 11.9. The van der Waals surface area contributed by atoms with Gasteiger partial charge in [0.15, 0.2) is 5.65 Å².